The lowest BCUT2D eigenvalue weighted by molar-refractivity contribution is 0.0781. The summed E-state index contributed by atoms with van der Waals surface area (Å²) >= 11 is 0. The van der Waals surface area contributed by atoms with E-state index in [1.807, 2.05) is 6.07 Å². The number of benzene rings is 1. The first kappa shape index (κ1) is 14.4. The van der Waals surface area contributed by atoms with Crippen molar-refractivity contribution < 1.29 is 22.8 Å². The van der Waals surface area contributed by atoms with Crippen LogP contribution in [0.1, 0.15) is 12.5 Å². The Bertz CT molecular complexity index is 474. The van der Waals surface area contributed by atoms with Gasteiger partial charge in [0.2, 0.25) is 0 Å². The van der Waals surface area contributed by atoms with E-state index in [9.17, 15) is 13.2 Å². The summed E-state index contributed by atoms with van der Waals surface area (Å²) in [6, 6.07) is 8.96. The Morgan fingerprint density at radius 3 is 2.56 bits per heavy atom. The van der Waals surface area contributed by atoms with Gasteiger partial charge in [0.1, 0.15) is 0 Å². The molecule has 0 heterocycles. The Hall–Kier alpha value is -1.64. The molecule has 0 radical (unpaired) electrons. The Balaban J connectivity index is 2.36. The van der Waals surface area contributed by atoms with E-state index in [0.717, 1.165) is 5.56 Å². The fraction of sp³-hybridized carbons (Fsp3) is 0.300. The van der Waals surface area contributed by atoms with Crippen LogP contribution in [0.25, 0.3) is 0 Å². The Morgan fingerprint density at radius 2 is 1.94 bits per heavy atom. The van der Waals surface area contributed by atoms with E-state index in [0.29, 0.717) is 0 Å². The van der Waals surface area contributed by atoms with Gasteiger partial charge in [0.25, 0.3) is 0 Å². The predicted octanol–water partition coefficient (Wildman–Crippen LogP) is 0.699. The molecular weight excluding hydrogens is 260 g/mol. The molecule has 0 aliphatic heterocycles. The maximum absolute atomic E-state index is 11.3. The topological polar surface area (TPSA) is 93.7 Å². The molecule has 0 fully saturated rings. The van der Waals surface area contributed by atoms with Gasteiger partial charge in [0, 0.05) is 0 Å². The monoisotopic (exact) mass is 274 g/mol. The molecule has 7 nitrogen and oxygen atoms in total. The van der Waals surface area contributed by atoms with Crippen molar-refractivity contribution in [2.45, 2.75) is 13.5 Å². The number of nitrogens with one attached hydrogen (secondary N) is 2. The Kier molecular flexibility index (Phi) is 5.56. The van der Waals surface area contributed by atoms with Gasteiger partial charge in [0.15, 0.2) is 0 Å². The Morgan fingerprint density at radius 1 is 1.28 bits per heavy atom. The van der Waals surface area contributed by atoms with Crippen LogP contribution < -0.4 is 9.61 Å². The highest BCUT2D eigenvalue weighted by atomic mass is 32.2. The number of ether oxygens (including phenoxy) is 1. The van der Waals surface area contributed by atoms with Crippen molar-refractivity contribution in [3.63, 3.8) is 0 Å². The van der Waals surface area contributed by atoms with Crippen molar-refractivity contribution >= 4 is 16.3 Å². The lowest BCUT2D eigenvalue weighted by atomic mass is 10.2. The van der Waals surface area contributed by atoms with Gasteiger partial charge in [-0.1, -0.05) is 35.2 Å². The summed E-state index contributed by atoms with van der Waals surface area (Å²) in [5.74, 6) is 0. The number of rotatable bonds is 6. The zero-order chi connectivity index (χ0) is 13.4. The molecule has 1 amide bonds. The molecule has 0 saturated heterocycles. The molecule has 8 heteroatoms. The minimum absolute atomic E-state index is 0.0462. The van der Waals surface area contributed by atoms with Gasteiger partial charge in [-0.2, -0.15) is 8.42 Å². The molecule has 0 saturated carbocycles. The third-order valence-corrected chi connectivity index (χ3v) is 2.52. The van der Waals surface area contributed by atoms with Gasteiger partial charge in [-0.25, -0.2) is 9.52 Å². The maximum Gasteiger partial charge on any atom is 0.421 e. The zero-order valence-corrected chi connectivity index (χ0v) is 10.6. The van der Waals surface area contributed by atoms with E-state index < -0.39 is 16.3 Å². The largest absolute Gasteiger partial charge is 0.449 e. The molecule has 0 aliphatic rings. The normalized spacial score (nSPS) is 10.9. The Labute approximate surface area is 105 Å². The van der Waals surface area contributed by atoms with E-state index in [1.54, 1.807) is 40.8 Å². The van der Waals surface area contributed by atoms with Crippen LogP contribution in [0.3, 0.4) is 0 Å². The molecule has 18 heavy (non-hydrogen) atoms. The van der Waals surface area contributed by atoms with E-state index in [2.05, 4.69) is 4.74 Å². The summed E-state index contributed by atoms with van der Waals surface area (Å²) in [5.41, 5.74) is 0.788. The fourth-order valence-electron chi connectivity index (χ4n) is 1.06. The number of amides is 1. The van der Waals surface area contributed by atoms with Crippen molar-refractivity contribution in [2.24, 2.45) is 0 Å². The van der Waals surface area contributed by atoms with Gasteiger partial charge < -0.3 is 4.74 Å². The fourth-order valence-corrected chi connectivity index (χ4v) is 1.59. The van der Waals surface area contributed by atoms with Crippen LogP contribution in [0.5, 0.6) is 0 Å². The van der Waals surface area contributed by atoms with Crippen molar-refractivity contribution in [1.82, 2.24) is 9.61 Å². The standard InChI is InChI=1S/C10H14N2O5S/c1-2-16-10(13)11-18(14,15)12-17-8-9-6-4-3-5-7-9/h3-7,12H,2,8H2,1H3,(H,11,13). The van der Waals surface area contributed by atoms with Crippen LogP contribution >= 0.6 is 0 Å². The summed E-state index contributed by atoms with van der Waals surface area (Å²) in [6.45, 7) is 1.68. The van der Waals surface area contributed by atoms with Gasteiger partial charge in [0.05, 0.1) is 13.2 Å². The quantitative estimate of drug-likeness (QED) is 0.745. The van der Waals surface area contributed by atoms with Crippen LogP contribution in [-0.4, -0.2) is 21.1 Å². The molecule has 1 aromatic rings. The first-order chi connectivity index (χ1) is 8.53. The first-order valence-electron chi connectivity index (χ1n) is 5.15. The second kappa shape index (κ2) is 6.94. The highest BCUT2D eigenvalue weighted by molar-refractivity contribution is 7.87. The van der Waals surface area contributed by atoms with Crippen LogP contribution in [0.15, 0.2) is 30.3 Å². The summed E-state index contributed by atoms with van der Waals surface area (Å²) in [6.07, 6.45) is -1.06. The van der Waals surface area contributed by atoms with Crippen molar-refractivity contribution in [3.8, 4) is 0 Å². The third kappa shape index (κ3) is 5.62. The molecule has 100 valence electrons. The number of hydrogen-bond donors (Lipinski definition) is 2. The molecule has 0 unspecified atom stereocenters. The summed E-state index contributed by atoms with van der Waals surface area (Å²) < 4.78 is 28.6. The van der Waals surface area contributed by atoms with Gasteiger partial charge in [-0.05, 0) is 12.5 Å². The van der Waals surface area contributed by atoms with Crippen molar-refractivity contribution in [1.29, 1.82) is 0 Å². The number of carbonyl (C=O) groups is 1. The van der Waals surface area contributed by atoms with E-state index in [4.69, 9.17) is 4.84 Å². The van der Waals surface area contributed by atoms with Crippen LogP contribution in [-0.2, 0) is 26.4 Å². The lowest BCUT2D eigenvalue weighted by Crippen LogP contribution is -2.40. The predicted molar refractivity (Wildman–Crippen MR) is 63.4 cm³/mol. The maximum atomic E-state index is 11.3. The second-order valence-corrected chi connectivity index (χ2v) is 4.56. The highest BCUT2D eigenvalue weighted by Crippen LogP contribution is 1.99. The molecule has 0 aliphatic carbocycles. The summed E-state index contributed by atoms with van der Waals surface area (Å²) in [5, 5.41) is 0. The molecule has 0 spiro atoms. The summed E-state index contributed by atoms with van der Waals surface area (Å²) in [4.78, 5) is 17.4. The van der Waals surface area contributed by atoms with Gasteiger partial charge in [-0.3, -0.25) is 4.84 Å². The molecule has 1 rings (SSSR count). The minimum atomic E-state index is -4.07. The molecule has 2 N–H and O–H groups in total. The zero-order valence-electron chi connectivity index (χ0n) is 9.75. The van der Waals surface area contributed by atoms with E-state index in [1.165, 1.54) is 0 Å². The molecule has 1 aromatic carbocycles. The summed E-state index contributed by atoms with van der Waals surface area (Å²) in [7, 11) is -4.07. The molecular formula is C10H14N2O5S. The minimum Gasteiger partial charge on any atom is -0.449 e. The average Bonchev–Trinajstić information content (AvgIpc) is 2.29. The second-order valence-electron chi connectivity index (χ2n) is 3.18. The lowest BCUT2D eigenvalue weighted by Gasteiger charge is -2.08. The van der Waals surface area contributed by atoms with E-state index in [-0.39, 0.29) is 13.2 Å². The average molecular weight is 274 g/mol. The molecule has 0 aromatic heterocycles. The van der Waals surface area contributed by atoms with Crippen LogP contribution in [0, 0.1) is 0 Å². The van der Waals surface area contributed by atoms with Gasteiger partial charge >= 0.3 is 16.3 Å². The highest BCUT2D eigenvalue weighted by Gasteiger charge is 2.14. The van der Waals surface area contributed by atoms with Crippen molar-refractivity contribution in [2.75, 3.05) is 6.61 Å². The van der Waals surface area contributed by atoms with Crippen LogP contribution in [0.4, 0.5) is 4.79 Å². The van der Waals surface area contributed by atoms with Crippen LogP contribution in [0.2, 0.25) is 0 Å². The smallest absolute Gasteiger partial charge is 0.421 e. The molecule has 0 bridgehead atoms. The number of carbonyl (C=O) groups excluding carboxylic acids is 1. The number of hydrogen-bond acceptors (Lipinski definition) is 5. The van der Waals surface area contributed by atoms with E-state index >= 15 is 0 Å². The molecule has 0 atom stereocenters. The first-order valence-corrected chi connectivity index (χ1v) is 6.64. The van der Waals surface area contributed by atoms with Gasteiger partial charge in [-0.15, -0.1) is 0 Å². The van der Waals surface area contributed by atoms with Crippen molar-refractivity contribution in [3.05, 3.63) is 35.9 Å². The third-order valence-electron chi connectivity index (χ3n) is 1.74. The SMILES string of the molecule is CCOC(=O)NS(=O)(=O)NOCc1ccccc1.